The quantitative estimate of drug-likeness (QED) is 0.758. The number of hydrogen-bond donors (Lipinski definition) is 1. The molecule has 3 unspecified atom stereocenters. The standard InChI is InChI=1S/C13H25NO/c1-10(2)14-9-5-7-12(14)11-6-3-4-8-13(11)15/h10-13,15H,3-9H2,1-2H3. The molecule has 1 N–H and O–H groups in total. The molecule has 0 aromatic heterocycles. The van der Waals surface area contributed by atoms with E-state index in [0.717, 1.165) is 6.42 Å². The summed E-state index contributed by atoms with van der Waals surface area (Å²) < 4.78 is 0. The van der Waals surface area contributed by atoms with Gasteiger partial charge in [-0.3, -0.25) is 4.90 Å². The van der Waals surface area contributed by atoms with E-state index in [9.17, 15) is 5.11 Å². The highest BCUT2D eigenvalue weighted by Gasteiger charge is 2.37. The van der Waals surface area contributed by atoms with E-state index >= 15 is 0 Å². The molecule has 0 bridgehead atoms. The molecule has 0 aromatic rings. The van der Waals surface area contributed by atoms with E-state index in [2.05, 4.69) is 18.7 Å². The zero-order valence-corrected chi connectivity index (χ0v) is 10.2. The van der Waals surface area contributed by atoms with Crippen LogP contribution in [0.3, 0.4) is 0 Å². The van der Waals surface area contributed by atoms with Gasteiger partial charge in [0.05, 0.1) is 6.10 Å². The van der Waals surface area contributed by atoms with Gasteiger partial charge in [-0.15, -0.1) is 0 Å². The third-order valence-corrected chi connectivity index (χ3v) is 4.28. The van der Waals surface area contributed by atoms with Crippen molar-refractivity contribution in [2.75, 3.05) is 6.54 Å². The van der Waals surface area contributed by atoms with E-state index in [1.54, 1.807) is 0 Å². The molecule has 0 spiro atoms. The summed E-state index contributed by atoms with van der Waals surface area (Å²) in [6.07, 6.45) is 7.44. The predicted molar refractivity (Wildman–Crippen MR) is 62.8 cm³/mol. The van der Waals surface area contributed by atoms with Crippen molar-refractivity contribution in [2.24, 2.45) is 5.92 Å². The van der Waals surface area contributed by atoms with Crippen molar-refractivity contribution in [3.8, 4) is 0 Å². The number of hydrogen-bond acceptors (Lipinski definition) is 2. The lowest BCUT2D eigenvalue weighted by molar-refractivity contribution is 0.0145. The Kier molecular flexibility index (Phi) is 3.68. The molecule has 0 amide bonds. The Morgan fingerprint density at radius 1 is 1.07 bits per heavy atom. The van der Waals surface area contributed by atoms with Gasteiger partial charge in [0, 0.05) is 18.0 Å². The van der Waals surface area contributed by atoms with Crippen LogP contribution >= 0.6 is 0 Å². The van der Waals surface area contributed by atoms with Crippen molar-refractivity contribution >= 4 is 0 Å². The molecule has 2 rings (SSSR count). The average molecular weight is 211 g/mol. The molecule has 2 heteroatoms. The zero-order valence-electron chi connectivity index (χ0n) is 10.2. The first-order valence-electron chi connectivity index (χ1n) is 6.64. The van der Waals surface area contributed by atoms with Gasteiger partial charge in [0.2, 0.25) is 0 Å². The maximum atomic E-state index is 10.1. The Labute approximate surface area is 93.7 Å². The minimum Gasteiger partial charge on any atom is -0.393 e. The molecule has 0 aromatic carbocycles. The highest BCUT2D eigenvalue weighted by molar-refractivity contribution is 4.91. The molecule has 1 saturated heterocycles. The summed E-state index contributed by atoms with van der Waals surface area (Å²) in [7, 11) is 0. The van der Waals surface area contributed by atoms with E-state index in [1.807, 2.05) is 0 Å². The topological polar surface area (TPSA) is 23.5 Å². The monoisotopic (exact) mass is 211 g/mol. The maximum Gasteiger partial charge on any atom is 0.0583 e. The van der Waals surface area contributed by atoms with Crippen molar-refractivity contribution in [1.29, 1.82) is 0 Å². The van der Waals surface area contributed by atoms with E-state index in [0.29, 0.717) is 18.0 Å². The van der Waals surface area contributed by atoms with Crippen molar-refractivity contribution in [1.82, 2.24) is 4.90 Å². The third-order valence-electron chi connectivity index (χ3n) is 4.28. The van der Waals surface area contributed by atoms with Crippen LogP contribution in [0.25, 0.3) is 0 Å². The lowest BCUT2D eigenvalue weighted by atomic mass is 9.80. The van der Waals surface area contributed by atoms with Crippen LogP contribution < -0.4 is 0 Å². The average Bonchev–Trinajstić information content (AvgIpc) is 2.67. The number of rotatable bonds is 2. The van der Waals surface area contributed by atoms with Gasteiger partial charge in [-0.1, -0.05) is 12.8 Å². The van der Waals surface area contributed by atoms with E-state index < -0.39 is 0 Å². The second kappa shape index (κ2) is 4.84. The Hall–Kier alpha value is -0.0800. The van der Waals surface area contributed by atoms with Gasteiger partial charge in [-0.25, -0.2) is 0 Å². The van der Waals surface area contributed by atoms with Gasteiger partial charge < -0.3 is 5.11 Å². The molecule has 1 saturated carbocycles. The van der Waals surface area contributed by atoms with Crippen LogP contribution in [0, 0.1) is 5.92 Å². The van der Waals surface area contributed by atoms with Gasteiger partial charge in [-0.05, 0) is 46.1 Å². The molecule has 0 radical (unpaired) electrons. The van der Waals surface area contributed by atoms with E-state index in [4.69, 9.17) is 0 Å². The van der Waals surface area contributed by atoms with E-state index in [-0.39, 0.29) is 6.10 Å². The summed E-state index contributed by atoms with van der Waals surface area (Å²) in [5.41, 5.74) is 0. The van der Waals surface area contributed by atoms with Crippen molar-refractivity contribution in [3.05, 3.63) is 0 Å². The lowest BCUT2D eigenvalue weighted by Gasteiger charge is -2.39. The summed E-state index contributed by atoms with van der Waals surface area (Å²) >= 11 is 0. The summed E-state index contributed by atoms with van der Waals surface area (Å²) in [5.74, 6) is 0.559. The number of aliphatic hydroxyl groups excluding tert-OH is 1. The van der Waals surface area contributed by atoms with Gasteiger partial charge in [0.25, 0.3) is 0 Å². The second-order valence-corrected chi connectivity index (χ2v) is 5.56. The molecule has 2 nitrogen and oxygen atoms in total. The van der Waals surface area contributed by atoms with Crippen LogP contribution in [0.15, 0.2) is 0 Å². The highest BCUT2D eigenvalue weighted by atomic mass is 16.3. The first-order valence-corrected chi connectivity index (χ1v) is 6.64. The van der Waals surface area contributed by atoms with Gasteiger partial charge in [0.15, 0.2) is 0 Å². The fourth-order valence-corrected chi connectivity index (χ4v) is 3.50. The van der Waals surface area contributed by atoms with Crippen LogP contribution in [0.2, 0.25) is 0 Å². The number of likely N-dealkylation sites (tertiary alicyclic amines) is 1. The zero-order chi connectivity index (χ0) is 10.8. The van der Waals surface area contributed by atoms with Crippen molar-refractivity contribution < 1.29 is 5.11 Å². The molecule has 1 aliphatic heterocycles. The SMILES string of the molecule is CC(C)N1CCCC1C1CCCCC1O. The molecule has 2 aliphatic rings. The smallest absolute Gasteiger partial charge is 0.0583 e. The molecule has 88 valence electrons. The summed E-state index contributed by atoms with van der Waals surface area (Å²) in [5, 5.41) is 10.1. The van der Waals surface area contributed by atoms with Crippen LogP contribution in [-0.2, 0) is 0 Å². The summed E-state index contributed by atoms with van der Waals surface area (Å²) in [6.45, 7) is 5.81. The fourth-order valence-electron chi connectivity index (χ4n) is 3.50. The van der Waals surface area contributed by atoms with Crippen LogP contribution in [0.4, 0.5) is 0 Å². The Morgan fingerprint density at radius 3 is 2.47 bits per heavy atom. The van der Waals surface area contributed by atoms with Crippen LogP contribution in [-0.4, -0.2) is 34.7 Å². The molecule has 15 heavy (non-hydrogen) atoms. The first-order chi connectivity index (χ1) is 7.20. The molecular weight excluding hydrogens is 186 g/mol. The third kappa shape index (κ3) is 2.36. The summed E-state index contributed by atoms with van der Waals surface area (Å²) in [4.78, 5) is 2.61. The minimum atomic E-state index is -0.0249. The van der Waals surface area contributed by atoms with Gasteiger partial charge in [-0.2, -0.15) is 0 Å². The van der Waals surface area contributed by atoms with Crippen LogP contribution in [0.5, 0.6) is 0 Å². The molecule has 1 heterocycles. The minimum absolute atomic E-state index is 0.0249. The first kappa shape index (κ1) is 11.4. The summed E-state index contributed by atoms with van der Waals surface area (Å²) in [6, 6.07) is 1.31. The molecule has 1 aliphatic carbocycles. The maximum absolute atomic E-state index is 10.1. The van der Waals surface area contributed by atoms with Crippen LogP contribution in [0.1, 0.15) is 52.4 Å². The van der Waals surface area contributed by atoms with Gasteiger partial charge in [0.1, 0.15) is 0 Å². The molecule has 2 fully saturated rings. The Balaban J connectivity index is 2.01. The Bertz CT molecular complexity index is 205. The predicted octanol–water partition coefficient (Wildman–Crippen LogP) is 2.41. The van der Waals surface area contributed by atoms with E-state index in [1.165, 1.54) is 38.6 Å². The highest BCUT2D eigenvalue weighted by Crippen LogP contribution is 2.35. The molecular formula is C13H25NO. The van der Waals surface area contributed by atoms with Crippen molar-refractivity contribution in [3.63, 3.8) is 0 Å². The largest absolute Gasteiger partial charge is 0.393 e. The fraction of sp³-hybridized carbons (Fsp3) is 1.00. The number of aliphatic hydroxyl groups is 1. The second-order valence-electron chi connectivity index (χ2n) is 5.56. The van der Waals surface area contributed by atoms with Gasteiger partial charge >= 0.3 is 0 Å². The lowest BCUT2D eigenvalue weighted by Crippen LogP contribution is -2.45. The Morgan fingerprint density at radius 2 is 1.80 bits per heavy atom. The van der Waals surface area contributed by atoms with Crippen molar-refractivity contribution in [2.45, 2.75) is 70.6 Å². The normalized spacial score (nSPS) is 38.8. The number of nitrogens with zero attached hydrogens (tertiary/aromatic N) is 1. The molecule has 3 atom stereocenters.